The predicted molar refractivity (Wildman–Crippen MR) is 85.8 cm³/mol. The van der Waals surface area contributed by atoms with E-state index in [0.717, 1.165) is 18.7 Å². The van der Waals surface area contributed by atoms with Crippen LogP contribution in [0.3, 0.4) is 0 Å². The van der Waals surface area contributed by atoms with Crippen molar-refractivity contribution in [2.24, 2.45) is 5.92 Å². The van der Waals surface area contributed by atoms with Gasteiger partial charge in [-0.3, -0.25) is 4.79 Å². The van der Waals surface area contributed by atoms with Gasteiger partial charge in [-0.25, -0.2) is 0 Å². The maximum absolute atomic E-state index is 12.3. The Balaban J connectivity index is 2.71. The zero-order chi connectivity index (χ0) is 15.1. The van der Waals surface area contributed by atoms with Crippen LogP contribution in [0.25, 0.3) is 6.08 Å². The van der Waals surface area contributed by atoms with Crippen molar-refractivity contribution in [2.45, 2.75) is 6.92 Å². The van der Waals surface area contributed by atoms with Crippen LogP contribution in [0.5, 0.6) is 0 Å². The van der Waals surface area contributed by atoms with E-state index in [0.29, 0.717) is 0 Å². The number of aryl methyl sites for hydroxylation is 1. The molecule has 20 heavy (non-hydrogen) atoms. The van der Waals surface area contributed by atoms with E-state index in [1.54, 1.807) is 6.08 Å². The van der Waals surface area contributed by atoms with Crippen molar-refractivity contribution in [1.29, 1.82) is 0 Å². The molecule has 0 unspecified atom stereocenters. The fraction of sp³-hybridized carbons (Fsp3) is 0.471. The predicted octanol–water partition coefficient (Wildman–Crippen LogP) is 2.32. The minimum Gasteiger partial charge on any atom is -0.309 e. The molecule has 0 spiro atoms. The molecule has 3 nitrogen and oxygen atoms in total. The molecule has 110 valence electrons. The maximum Gasteiger partial charge on any atom is 0.161 e. The van der Waals surface area contributed by atoms with Gasteiger partial charge < -0.3 is 9.80 Å². The van der Waals surface area contributed by atoms with Crippen LogP contribution in [-0.2, 0) is 4.79 Å². The van der Waals surface area contributed by atoms with Gasteiger partial charge in [0.25, 0.3) is 0 Å². The second-order valence-electron chi connectivity index (χ2n) is 5.87. The van der Waals surface area contributed by atoms with Gasteiger partial charge in [0.2, 0.25) is 0 Å². The third-order valence-electron chi connectivity index (χ3n) is 3.09. The van der Waals surface area contributed by atoms with Crippen molar-refractivity contribution in [2.75, 3.05) is 41.3 Å². The Hall–Kier alpha value is -1.45. The van der Waals surface area contributed by atoms with Crippen molar-refractivity contribution < 1.29 is 4.79 Å². The highest BCUT2D eigenvalue weighted by Gasteiger charge is 2.17. The maximum atomic E-state index is 12.3. The Morgan fingerprint density at radius 1 is 1.05 bits per heavy atom. The Kier molecular flexibility index (Phi) is 6.62. The van der Waals surface area contributed by atoms with E-state index in [1.807, 2.05) is 46.4 Å². The number of ketones is 1. The number of hydrogen-bond donors (Lipinski definition) is 0. The van der Waals surface area contributed by atoms with Crippen LogP contribution >= 0.6 is 0 Å². The summed E-state index contributed by atoms with van der Waals surface area (Å²) in [5.74, 6) is 0.203. The molecule has 1 aromatic carbocycles. The van der Waals surface area contributed by atoms with Crippen molar-refractivity contribution in [3.05, 3.63) is 41.5 Å². The average Bonchev–Trinajstić information content (AvgIpc) is 2.36. The molecule has 0 bridgehead atoms. The van der Waals surface area contributed by atoms with Gasteiger partial charge in [0, 0.05) is 19.0 Å². The first-order valence-corrected chi connectivity index (χ1v) is 6.96. The van der Waals surface area contributed by atoms with Gasteiger partial charge in [-0.05, 0) is 46.8 Å². The average molecular weight is 274 g/mol. The second kappa shape index (κ2) is 7.98. The van der Waals surface area contributed by atoms with E-state index < -0.39 is 0 Å². The van der Waals surface area contributed by atoms with Crippen LogP contribution in [0.4, 0.5) is 0 Å². The number of rotatable bonds is 7. The molecule has 0 N–H and O–H groups in total. The molecule has 0 saturated carbocycles. The van der Waals surface area contributed by atoms with Crippen LogP contribution in [0.1, 0.15) is 11.1 Å². The van der Waals surface area contributed by atoms with Gasteiger partial charge in [0.05, 0.1) is 0 Å². The summed E-state index contributed by atoms with van der Waals surface area (Å²) >= 11 is 0. The summed E-state index contributed by atoms with van der Waals surface area (Å²) in [5.41, 5.74) is 2.30. The first kappa shape index (κ1) is 16.6. The molecule has 1 aromatic rings. The van der Waals surface area contributed by atoms with E-state index in [-0.39, 0.29) is 11.7 Å². The zero-order valence-corrected chi connectivity index (χ0v) is 13.3. The van der Waals surface area contributed by atoms with Crippen LogP contribution in [-0.4, -0.2) is 56.9 Å². The lowest BCUT2D eigenvalue weighted by Gasteiger charge is -2.22. The number of benzene rings is 1. The normalized spacial score (nSPS) is 12.0. The Bertz CT molecular complexity index is 437. The van der Waals surface area contributed by atoms with E-state index in [4.69, 9.17) is 0 Å². The molecule has 3 heteroatoms. The summed E-state index contributed by atoms with van der Waals surface area (Å²) in [6.45, 7) is 3.60. The third-order valence-corrected chi connectivity index (χ3v) is 3.09. The molecule has 0 aliphatic heterocycles. The molecule has 0 atom stereocenters. The van der Waals surface area contributed by atoms with Gasteiger partial charge in [-0.2, -0.15) is 0 Å². The molecule has 0 fully saturated rings. The van der Waals surface area contributed by atoms with Crippen LogP contribution in [0.15, 0.2) is 30.3 Å². The first-order valence-electron chi connectivity index (χ1n) is 6.96. The van der Waals surface area contributed by atoms with Crippen LogP contribution in [0, 0.1) is 12.8 Å². The van der Waals surface area contributed by atoms with Gasteiger partial charge in [-0.1, -0.05) is 35.9 Å². The van der Waals surface area contributed by atoms with Crippen LogP contribution < -0.4 is 0 Å². The summed E-state index contributed by atoms with van der Waals surface area (Å²) < 4.78 is 0. The van der Waals surface area contributed by atoms with Crippen LogP contribution in [0.2, 0.25) is 0 Å². The van der Waals surface area contributed by atoms with Crippen molar-refractivity contribution in [3.8, 4) is 0 Å². The standard InChI is InChI=1S/C17H26N2O/c1-14-6-8-15(9-7-14)10-11-17(20)16(12-18(2)3)13-19(4)5/h6-11,16H,12-13H2,1-5H3/b11-10+. The lowest BCUT2D eigenvalue weighted by atomic mass is 10.0. The summed E-state index contributed by atoms with van der Waals surface area (Å²) in [7, 11) is 8.00. The molecule has 1 rings (SSSR count). The Morgan fingerprint density at radius 2 is 1.55 bits per heavy atom. The molecule has 0 aliphatic carbocycles. The number of nitrogens with zero attached hydrogens (tertiary/aromatic N) is 2. The molecular weight excluding hydrogens is 248 g/mol. The molecule has 0 radical (unpaired) electrons. The monoisotopic (exact) mass is 274 g/mol. The highest BCUT2D eigenvalue weighted by Crippen LogP contribution is 2.08. The highest BCUT2D eigenvalue weighted by molar-refractivity contribution is 5.95. The largest absolute Gasteiger partial charge is 0.309 e. The minimum absolute atomic E-state index is 0.0155. The number of carbonyl (C=O) groups excluding carboxylic acids is 1. The van der Waals surface area contributed by atoms with E-state index >= 15 is 0 Å². The van der Waals surface area contributed by atoms with Gasteiger partial charge in [-0.15, -0.1) is 0 Å². The molecular formula is C17H26N2O. The van der Waals surface area contributed by atoms with Gasteiger partial charge >= 0.3 is 0 Å². The number of carbonyl (C=O) groups is 1. The zero-order valence-electron chi connectivity index (χ0n) is 13.3. The third kappa shape index (κ3) is 6.13. The minimum atomic E-state index is 0.0155. The summed E-state index contributed by atoms with van der Waals surface area (Å²) in [6, 6.07) is 8.18. The second-order valence-corrected chi connectivity index (χ2v) is 5.87. The molecule has 0 aromatic heterocycles. The summed E-state index contributed by atoms with van der Waals surface area (Å²) in [5, 5.41) is 0. The van der Waals surface area contributed by atoms with Gasteiger partial charge in [0.1, 0.15) is 0 Å². The van der Waals surface area contributed by atoms with Crippen molar-refractivity contribution in [3.63, 3.8) is 0 Å². The fourth-order valence-electron chi connectivity index (χ4n) is 2.11. The molecule has 0 heterocycles. The number of allylic oxidation sites excluding steroid dienone is 1. The highest BCUT2D eigenvalue weighted by atomic mass is 16.1. The first-order chi connectivity index (χ1) is 9.38. The smallest absolute Gasteiger partial charge is 0.161 e. The number of hydrogen-bond acceptors (Lipinski definition) is 3. The molecule has 0 saturated heterocycles. The molecule has 0 amide bonds. The van der Waals surface area contributed by atoms with E-state index in [9.17, 15) is 4.79 Å². The fourth-order valence-corrected chi connectivity index (χ4v) is 2.11. The van der Waals surface area contributed by atoms with Crippen molar-refractivity contribution >= 4 is 11.9 Å². The SMILES string of the molecule is Cc1ccc(/C=C/C(=O)C(CN(C)C)CN(C)C)cc1. The molecule has 0 aliphatic rings. The van der Waals surface area contributed by atoms with Gasteiger partial charge in [0.15, 0.2) is 5.78 Å². The summed E-state index contributed by atoms with van der Waals surface area (Å²) in [4.78, 5) is 16.4. The topological polar surface area (TPSA) is 23.6 Å². The quantitative estimate of drug-likeness (QED) is 0.713. The van der Waals surface area contributed by atoms with E-state index in [2.05, 4.69) is 28.9 Å². The van der Waals surface area contributed by atoms with Crippen molar-refractivity contribution in [1.82, 2.24) is 9.80 Å². The Labute approximate surface area is 122 Å². The lowest BCUT2D eigenvalue weighted by Crippen LogP contribution is -2.34. The summed E-state index contributed by atoms with van der Waals surface area (Å²) in [6.07, 6.45) is 3.61. The Morgan fingerprint density at radius 3 is 2.00 bits per heavy atom. The van der Waals surface area contributed by atoms with E-state index in [1.165, 1.54) is 5.56 Å². The lowest BCUT2D eigenvalue weighted by molar-refractivity contribution is -0.119.